The van der Waals surface area contributed by atoms with Crippen LogP contribution in [0, 0.1) is 17.8 Å². The number of rotatable bonds is 7. The van der Waals surface area contributed by atoms with Gasteiger partial charge in [-0.2, -0.15) is 0 Å². The van der Waals surface area contributed by atoms with Crippen LogP contribution in [0.5, 0.6) is 0 Å². The predicted octanol–water partition coefficient (Wildman–Crippen LogP) is 3.57. The maximum atomic E-state index is 5.15. The van der Waals surface area contributed by atoms with Crippen LogP contribution in [-0.4, -0.2) is 20.3 Å². The van der Waals surface area contributed by atoms with E-state index in [2.05, 4.69) is 36.5 Å². The van der Waals surface area contributed by atoms with E-state index in [4.69, 9.17) is 4.74 Å². The Morgan fingerprint density at radius 1 is 1.15 bits per heavy atom. The molecule has 2 nitrogen and oxygen atoms in total. The lowest BCUT2D eigenvalue weighted by Gasteiger charge is -2.26. The van der Waals surface area contributed by atoms with E-state index in [0.717, 1.165) is 37.3 Å². The minimum atomic E-state index is 0.560. The van der Waals surface area contributed by atoms with E-state index in [1.54, 1.807) is 7.11 Å². The predicted molar refractivity (Wildman–Crippen MR) is 82.8 cm³/mol. The number of methoxy groups -OCH3 is 1. The fraction of sp³-hybridized carbons (Fsp3) is 0.667. The van der Waals surface area contributed by atoms with Crippen molar-refractivity contribution < 1.29 is 4.74 Å². The minimum absolute atomic E-state index is 0.560. The zero-order valence-electron chi connectivity index (χ0n) is 12.8. The summed E-state index contributed by atoms with van der Waals surface area (Å²) in [4.78, 5) is 0. The van der Waals surface area contributed by atoms with Crippen molar-refractivity contribution in [1.82, 2.24) is 5.32 Å². The first-order valence-electron chi connectivity index (χ1n) is 8.13. The van der Waals surface area contributed by atoms with Gasteiger partial charge in [0, 0.05) is 13.2 Å². The molecule has 1 aromatic rings. The molecule has 2 heteroatoms. The number of ether oxygens (including phenoxy) is 1. The molecule has 3 atom stereocenters. The van der Waals surface area contributed by atoms with Crippen molar-refractivity contribution in [2.45, 2.75) is 38.6 Å². The molecule has 0 saturated heterocycles. The van der Waals surface area contributed by atoms with Gasteiger partial charge in [-0.15, -0.1) is 0 Å². The summed E-state index contributed by atoms with van der Waals surface area (Å²) in [6.07, 6.45) is 5.39. The van der Waals surface area contributed by atoms with Crippen molar-refractivity contribution in [1.29, 1.82) is 0 Å². The van der Waals surface area contributed by atoms with Crippen molar-refractivity contribution >= 4 is 0 Å². The van der Waals surface area contributed by atoms with Crippen LogP contribution in [0.15, 0.2) is 24.3 Å². The lowest BCUT2D eigenvalue weighted by Crippen LogP contribution is -2.27. The molecular weight excluding hydrogens is 246 g/mol. The normalized spacial score (nSPS) is 29.2. The molecule has 2 aliphatic rings. The van der Waals surface area contributed by atoms with E-state index in [1.165, 1.54) is 30.4 Å². The van der Waals surface area contributed by atoms with E-state index in [1.807, 2.05) is 0 Å². The highest BCUT2D eigenvalue weighted by Crippen LogP contribution is 2.57. The minimum Gasteiger partial charge on any atom is -0.384 e. The van der Waals surface area contributed by atoms with Crippen molar-refractivity contribution in [3.8, 4) is 0 Å². The lowest BCUT2D eigenvalue weighted by molar-refractivity contribution is 0.202. The topological polar surface area (TPSA) is 21.3 Å². The molecule has 110 valence electrons. The smallest absolute Gasteiger partial charge is 0.0502 e. The Balaban J connectivity index is 1.67. The quantitative estimate of drug-likeness (QED) is 0.820. The van der Waals surface area contributed by atoms with Crippen molar-refractivity contribution in [3.05, 3.63) is 35.4 Å². The fourth-order valence-corrected chi connectivity index (χ4v) is 3.92. The molecule has 0 aliphatic heterocycles. The summed E-state index contributed by atoms with van der Waals surface area (Å²) < 4.78 is 5.15. The third-order valence-corrected chi connectivity index (χ3v) is 5.11. The van der Waals surface area contributed by atoms with Crippen LogP contribution in [0.4, 0.5) is 0 Å². The van der Waals surface area contributed by atoms with Gasteiger partial charge in [-0.1, -0.05) is 31.2 Å². The molecule has 0 aromatic heterocycles. The Kier molecular flexibility index (Phi) is 4.42. The molecule has 1 N–H and O–H groups in total. The third kappa shape index (κ3) is 3.07. The molecule has 0 radical (unpaired) electrons. The molecule has 0 bridgehead atoms. The zero-order valence-corrected chi connectivity index (χ0v) is 12.8. The van der Waals surface area contributed by atoms with Crippen LogP contribution in [-0.2, 0) is 11.2 Å². The summed E-state index contributed by atoms with van der Waals surface area (Å²) in [7, 11) is 1.76. The first kappa shape index (κ1) is 14.1. The van der Waals surface area contributed by atoms with E-state index >= 15 is 0 Å². The van der Waals surface area contributed by atoms with Gasteiger partial charge >= 0.3 is 0 Å². The van der Waals surface area contributed by atoms with Crippen molar-refractivity contribution in [2.75, 3.05) is 20.3 Å². The van der Waals surface area contributed by atoms with Gasteiger partial charge < -0.3 is 10.1 Å². The Hall–Kier alpha value is -0.860. The standard InChI is InChI=1S/C18H27NO/c1-3-19-18(17-11-15-10-16(15)12-17)14-6-4-13(5-7-14)8-9-20-2/h4-7,15-19H,3,8-12H2,1-2H3. The number of nitrogens with one attached hydrogen (secondary N) is 1. The monoisotopic (exact) mass is 273 g/mol. The Labute approximate surface area is 122 Å². The largest absolute Gasteiger partial charge is 0.384 e. The van der Waals surface area contributed by atoms with E-state index in [-0.39, 0.29) is 0 Å². The van der Waals surface area contributed by atoms with Crippen LogP contribution in [0.25, 0.3) is 0 Å². The van der Waals surface area contributed by atoms with Crippen molar-refractivity contribution in [3.63, 3.8) is 0 Å². The molecule has 2 fully saturated rings. The van der Waals surface area contributed by atoms with Gasteiger partial charge in [-0.05, 0) is 61.1 Å². The molecule has 0 heterocycles. The van der Waals surface area contributed by atoms with Crippen molar-refractivity contribution in [2.24, 2.45) is 17.8 Å². The molecule has 2 aliphatic carbocycles. The Morgan fingerprint density at radius 2 is 1.85 bits per heavy atom. The van der Waals surface area contributed by atoms with Gasteiger partial charge in [0.05, 0.1) is 6.61 Å². The number of hydrogen-bond acceptors (Lipinski definition) is 2. The molecule has 20 heavy (non-hydrogen) atoms. The molecule has 0 amide bonds. The van der Waals surface area contributed by atoms with Crippen LogP contribution >= 0.6 is 0 Å². The second-order valence-corrected chi connectivity index (χ2v) is 6.51. The summed E-state index contributed by atoms with van der Waals surface area (Å²) in [6, 6.07) is 9.75. The SMILES string of the molecule is CCNC(c1ccc(CCOC)cc1)C1CC2CC2C1. The highest BCUT2D eigenvalue weighted by Gasteiger charge is 2.47. The Morgan fingerprint density at radius 3 is 2.45 bits per heavy atom. The zero-order chi connectivity index (χ0) is 13.9. The fourth-order valence-electron chi connectivity index (χ4n) is 3.92. The van der Waals surface area contributed by atoms with Gasteiger partial charge in [-0.25, -0.2) is 0 Å². The molecule has 2 saturated carbocycles. The second kappa shape index (κ2) is 6.28. The summed E-state index contributed by atoms with van der Waals surface area (Å²) >= 11 is 0. The van der Waals surface area contributed by atoms with Crippen LogP contribution in [0.2, 0.25) is 0 Å². The maximum absolute atomic E-state index is 5.15. The molecule has 0 spiro atoms. The first-order chi connectivity index (χ1) is 9.81. The van der Waals surface area contributed by atoms with E-state index in [9.17, 15) is 0 Å². The molecule has 3 unspecified atom stereocenters. The average molecular weight is 273 g/mol. The van der Waals surface area contributed by atoms with E-state index in [0.29, 0.717) is 6.04 Å². The van der Waals surface area contributed by atoms with Gasteiger partial charge in [0.25, 0.3) is 0 Å². The highest BCUT2D eigenvalue weighted by atomic mass is 16.5. The van der Waals surface area contributed by atoms with Crippen LogP contribution in [0.1, 0.15) is 43.4 Å². The van der Waals surface area contributed by atoms with E-state index < -0.39 is 0 Å². The number of fused-ring (bicyclic) bond motifs is 1. The number of benzene rings is 1. The molecule has 3 rings (SSSR count). The van der Waals surface area contributed by atoms with Gasteiger partial charge in [0.15, 0.2) is 0 Å². The summed E-state index contributed by atoms with van der Waals surface area (Å²) in [5.74, 6) is 2.97. The van der Waals surface area contributed by atoms with Gasteiger partial charge in [-0.3, -0.25) is 0 Å². The van der Waals surface area contributed by atoms with Crippen LogP contribution in [0.3, 0.4) is 0 Å². The highest BCUT2D eigenvalue weighted by molar-refractivity contribution is 5.26. The first-order valence-corrected chi connectivity index (χ1v) is 8.13. The average Bonchev–Trinajstić information content (AvgIpc) is 3.09. The van der Waals surface area contributed by atoms with Gasteiger partial charge in [0.2, 0.25) is 0 Å². The lowest BCUT2D eigenvalue weighted by atomic mass is 9.88. The summed E-state index contributed by atoms with van der Waals surface area (Å²) in [5.41, 5.74) is 2.85. The third-order valence-electron chi connectivity index (χ3n) is 5.11. The Bertz CT molecular complexity index is 418. The second-order valence-electron chi connectivity index (χ2n) is 6.51. The summed E-state index contributed by atoms with van der Waals surface area (Å²) in [6.45, 7) is 4.08. The molecular formula is C18H27NO. The summed E-state index contributed by atoms with van der Waals surface area (Å²) in [5, 5.41) is 3.72. The van der Waals surface area contributed by atoms with Gasteiger partial charge in [0.1, 0.15) is 0 Å². The molecule has 1 aromatic carbocycles. The maximum Gasteiger partial charge on any atom is 0.0502 e. The van der Waals surface area contributed by atoms with Crippen LogP contribution < -0.4 is 5.32 Å². The number of hydrogen-bond donors (Lipinski definition) is 1.